The van der Waals surface area contributed by atoms with Crippen LogP contribution < -0.4 is 15.4 Å². The Balaban J connectivity index is 1.71. The van der Waals surface area contributed by atoms with Crippen LogP contribution in [-0.2, 0) is 9.53 Å². The maximum atomic E-state index is 12.9. The molecule has 0 aromatic heterocycles. The largest absolute Gasteiger partial charge is 0.481 e. The summed E-state index contributed by atoms with van der Waals surface area (Å²) in [5.41, 5.74) is 0.834. The zero-order valence-corrected chi connectivity index (χ0v) is 17.2. The standard InChI is InChI=1S/C24H26N2O4/c1-3-22(30-19-13-12-17-8-4-5-9-18(17)16-19)24(28)26-21-11-7-6-10-20(21)23(27)25-14-15-29-2/h4-13,16,22H,3,14-15H2,1-2H3,(H,25,27)(H,26,28)/t22-/m0/s1. The highest BCUT2D eigenvalue weighted by molar-refractivity contribution is 6.04. The van der Waals surface area contributed by atoms with Gasteiger partial charge in [-0.3, -0.25) is 9.59 Å². The van der Waals surface area contributed by atoms with Crippen LogP contribution in [0.1, 0.15) is 23.7 Å². The summed E-state index contributed by atoms with van der Waals surface area (Å²) in [6.07, 6.45) is -0.198. The van der Waals surface area contributed by atoms with E-state index in [2.05, 4.69) is 10.6 Å². The van der Waals surface area contributed by atoms with E-state index in [1.165, 1.54) is 0 Å². The first-order valence-corrected chi connectivity index (χ1v) is 9.95. The minimum atomic E-state index is -0.684. The van der Waals surface area contributed by atoms with Gasteiger partial charge in [0.05, 0.1) is 17.9 Å². The SMILES string of the molecule is CC[C@H](Oc1ccc2ccccc2c1)C(=O)Nc1ccccc1C(=O)NCCOC. The minimum Gasteiger partial charge on any atom is -0.481 e. The number of nitrogens with one attached hydrogen (secondary N) is 2. The fourth-order valence-electron chi connectivity index (χ4n) is 3.09. The molecule has 2 N–H and O–H groups in total. The molecule has 156 valence electrons. The first-order chi connectivity index (χ1) is 14.6. The molecule has 0 radical (unpaired) electrons. The number of amides is 2. The Morgan fingerprint density at radius 3 is 2.47 bits per heavy atom. The van der Waals surface area contributed by atoms with Crippen LogP contribution in [0.3, 0.4) is 0 Å². The van der Waals surface area contributed by atoms with E-state index in [0.717, 1.165) is 10.8 Å². The molecule has 0 aliphatic rings. The van der Waals surface area contributed by atoms with Gasteiger partial charge in [0.25, 0.3) is 11.8 Å². The quantitative estimate of drug-likeness (QED) is 0.527. The van der Waals surface area contributed by atoms with Crippen molar-refractivity contribution in [2.24, 2.45) is 0 Å². The fourth-order valence-corrected chi connectivity index (χ4v) is 3.09. The summed E-state index contributed by atoms with van der Waals surface area (Å²) in [6, 6.07) is 20.6. The summed E-state index contributed by atoms with van der Waals surface area (Å²) in [5.74, 6) is 0.0514. The number of ether oxygens (including phenoxy) is 2. The summed E-state index contributed by atoms with van der Waals surface area (Å²) in [6.45, 7) is 2.69. The van der Waals surface area contributed by atoms with E-state index in [0.29, 0.717) is 36.6 Å². The number of carbonyl (C=O) groups is 2. The summed E-state index contributed by atoms with van der Waals surface area (Å²) < 4.78 is 10.9. The second-order valence-electron chi connectivity index (χ2n) is 6.81. The molecule has 1 atom stereocenters. The fraction of sp³-hybridized carbons (Fsp3) is 0.250. The average molecular weight is 406 g/mol. The molecule has 0 bridgehead atoms. The first kappa shape index (κ1) is 21.3. The Hall–Kier alpha value is -3.38. The maximum absolute atomic E-state index is 12.9. The van der Waals surface area contributed by atoms with Gasteiger partial charge < -0.3 is 20.1 Å². The Morgan fingerprint density at radius 2 is 1.70 bits per heavy atom. The van der Waals surface area contributed by atoms with Gasteiger partial charge in [-0.2, -0.15) is 0 Å². The van der Waals surface area contributed by atoms with E-state index in [1.807, 2.05) is 49.4 Å². The van der Waals surface area contributed by atoms with Crippen molar-refractivity contribution in [1.82, 2.24) is 5.32 Å². The molecule has 0 saturated carbocycles. The van der Waals surface area contributed by atoms with Crippen molar-refractivity contribution in [2.45, 2.75) is 19.4 Å². The third-order valence-electron chi connectivity index (χ3n) is 4.68. The number of rotatable bonds is 9. The van der Waals surface area contributed by atoms with Gasteiger partial charge in [-0.05, 0) is 41.5 Å². The topological polar surface area (TPSA) is 76.7 Å². The Kier molecular flexibility index (Phi) is 7.40. The van der Waals surface area contributed by atoms with Gasteiger partial charge >= 0.3 is 0 Å². The average Bonchev–Trinajstić information content (AvgIpc) is 2.77. The number of benzene rings is 3. The highest BCUT2D eigenvalue weighted by Gasteiger charge is 2.21. The Morgan fingerprint density at radius 1 is 0.967 bits per heavy atom. The van der Waals surface area contributed by atoms with Crippen LogP contribution in [-0.4, -0.2) is 38.2 Å². The predicted octanol–water partition coefficient (Wildman–Crippen LogP) is 4.01. The lowest BCUT2D eigenvalue weighted by Gasteiger charge is -2.19. The molecular weight excluding hydrogens is 380 g/mol. The smallest absolute Gasteiger partial charge is 0.265 e. The molecule has 2 amide bonds. The van der Waals surface area contributed by atoms with Crippen molar-refractivity contribution in [3.63, 3.8) is 0 Å². The number of para-hydroxylation sites is 1. The monoisotopic (exact) mass is 406 g/mol. The molecular formula is C24H26N2O4. The zero-order valence-electron chi connectivity index (χ0n) is 17.2. The lowest BCUT2D eigenvalue weighted by Crippen LogP contribution is -2.34. The number of methoxy groups -OCH3 is 1. The van der Waals surface area contributed by atoms with Crippen LogP contribution >= 0.6 is 0 Å². The molecule has 0 fully saturated rings. The van der Waals surface area contributed by atoms with Crippen LogP contribution in [0.5, 0.6) is 5.75 Å². The van der Waals surface area contributed by atoms with Gasteiger partial charge in [0, 0.05) is 13.7 Å². The van der Waals surface area contributed by atoms with Gasteiger partial charge in [-0.25, -0.2) is 0 Å². The molecule has 3 rings (SSSR count). The van der Waals surface area contributed by atoms with Crippen LogP contribution in [0.25, 0.3) is 10.8 Å². The van der Waals surface area contributed by atoms with Gasteiger partial charge in [-0.15, -0.1) is 0 Å². The maximum Gasteiger partial charge on any atom is 0.265 e. The van der Waals surface area contributed by atoms with Crippen molar-refractivity contribution >= 4 is 28.3 Å². The molecule has 3 aromatic rings. The first-order valence-electron chi connectivity index (χ1n) is 9.95. The molecule has 0 spiro atoms. The molecule has 0 heterocycles. The number of anilines is 1. The Bertz CT molecular complexity index is 1020. The number of fused-ring (bicyclic) bond motifs is 1. The van der Waals surface area contributed by atoms with Gasteiger partial charge in [0.1, 0.15) is 5.75 Å². The van der Waals surface area contributed by atoms with Crippen molar-refractivity contribution in [3.8, 4) is 5.75 Å². The van der Waals surface area contributed by atoms with Crippen LogP contribution in [0, 0.1) is 0 Å². The van der Waals surface area contributed by atoms with Crippen molar-refractivity contribution in [3.05, 3.63) is 72.3 Å². The van der Waals surface area contributed by atoms with E-state index in [4.69, 9.17) is 9.47 Å². The van der Waals surface area contributed by atoms with Crippen molar-refractivity contribution in [2.75, 3.05) is 25.6 Å². The van der Waals surface area contributed by atoms with Crippen molar-refractivity contribution < 1.29 is 19.1 Å². The molecule has 0 unspecified atom stereocenters. The summed E-state index contributed by atoms with van der Waals surface area (Å²) in [4.78, 5) is 25.3. The van der Waals surface area contributed by atoms with Gasteiger partial charge in [0.2, 0.25) is 0 Å². The second-order valence-corrected chi connectivity index (χ2v) is 6.81. The lowest BCUT2D eigenvalue weighted by molar-refractivity contribution is -0.122. The normalized spacial score (nSPS) is 11.7. The summed E-state index contributed by atoms with van der Waals surface area (Å²) in [5, 5.41) is 7.75. The summed E-state index contributed by atoms with van der Waals surface area (Å²) >= 11 is 0. The molecule has 0 aliphatic carbocycles. The molecule has 3 aromatic carbocycles. The summed E-state index contributed by atoms with van der Waals surface area (Å²) in [7, 11) is 1.57. The molecule has 6 heteroatoms. The Labute approximate surface area is 176 Å². The van der Waals surface area contributed by atoms with Gasteiger partial charge in [-0.1, -0.05) is 49.4 Å². The van der Waals surface area contributed by atoms with E-state index in [1.54, 1.807) is 31.4 Å². The number of hydrogen-bond donors (Lipinski definition) is 2. The highest BCUT2D eigenvalue weighted by atomic mass is 16.5. The molecule has 0 aliphatic heterocycles. The van der Waals surface area contributed by atoms with Crippen molar-refractivity contribution in [1.29, 1.82) is 0 Å². The lowest BCUT2D eigenvalue weighted by atomic mass is 10.1. The molecule has 0 saturated heterocycles. The van der Waals surface area contributed by atoms with E-state index >= 15 is 0 Å². The van der Waals surface area contributed by atoms with E-state index < -0.39 is 6.10 Å². The van der Waals surface area contributed by atoms with Crippen LogP contribution in [0.15, 0.2) is 66.7 Å². The van der Waals surface area contributed by atoms with Crippen LogP contribution in [0.2, 0.25) is 0 Å². The highest BCUT2D eigenvalue weighted by Crippen LogP contribution is 2.23. The molecule has 6 nitrogen and oxygen atoms in total. The number of hydrogen-bond acceptors (Lipinski definition) is 4. The molecule has 30 heavy (non-hydrogen) atoms. The number of carbonyl (C=O) groups excluding carboxylic acids is 2. The van der Waals surface area contributed by atoms with E-state index in [9.17, 15) is 9.59 Å². The third-order valence-corrected chi connectivity index (χ3v) is 4.68. The second kappa shape index (κ2) is 10.4. The van der Waals surface area contributed by atoms with Crippen LogP contribution in [0.4, 0.5) is 5.69 Å². The zero-order chi connectivity index (χ0) is 21.3. The predicted molar refractivity (Wildman–Crippen MR) is 118 cm³/mol. The van der Waals surface area contributed by atoms with Gasteiger partial charge in [0.15, 0.2) is 6.10 Å². The van der Waals surface area contributed by atoms with E-state index in [-0.39, 0.29) is 11.8 Å². The minimum absolute atomic E-state index is 0.272. The third kappa shape index (κ3) is 5.36.